The van der Waals surface area contributed by atoms with Crippen LogP contribution in [-0.2, 0) is 0 Å². The van der Waals surface area contributed by atoms with Crippen molar-refractivity contribution in [2.45, 2.75) is 32.7 Å². The number of amides is 2. The van der Waals surface area contributed by atoms with E-state index in [0.717, 1.165) is 0 Å². The first kappa shape index (κ1) is 15.7. The van der Waals surface area contributed by atoms with Crippen LogP contribution in [0.15, 0.2) is 0 Å². The summed E-state index contributed by atoms with van der Waals surface area (Å²) in [7, 11) is 0. The van der Waals surface area contributed by atoms with Gasteiger partial charge in [-0.05, 0) is 12.3 Å². The van der Waals surface area contributed by atoms with Gasteiger partial charge in [-0.15, -0.1) is 10.2 Å². The minimum atomic E-state index is -2.71. The molecule has 1 aromatic heterocycles. The van der Waals surface area contributed by atoms with Crippen molar-refractivity contribution in [2.75, 3.05) is 11.9 Å². The van der Waals surface area contributed by atoms with Gasteiger partial charge in [0.05, 0.1) is 12.6 Å². The number of hydrogen-bond donors (Lipinski definition) is 3. The largest absolute Gasteiger partial charge is 0.394 e. The number of anilines is 1. The summed E-state index contributed by atoms with van der Waals surface area (Å²) in [5.74, 6) is 0.310. The molecule has 1 rings (SSSR count). The Morgan fingerprint density at radius 3 is 2.58 bits per heavy atom. The summed E-state index contributed by atoms with van der Waals surface area (Å²) in [6, 6.07) is -0.987. The Bertz CT molecular complexity index is 414. The van der Waals surface area contributed by atoms with Crippen molar-refractivity contribution in [3.63, 3.8) is 0 Å². The summed E-state index contributed by atoms with van der Waals surface area (Å²) < 4.78 is 24.5. The molecule has 1 atom stereocenters. The van der Waals surface area contributed by atoms with Crippen LogP contribution >= 0.6 is 11.3 Å². The number of rotatable bonds is 6. The van der Waals surface area contributed by atoms with E-state index in [9.17, 15) is 13.6 Å². The Morgan fingerprint density at radius 2 is 2.11 bits per heavy atom. The van der Waals surface area contributed by atoms with Crippen LogP contribution in [-0.4, -0.2) is 34.0 Å². The highest BCUT2D eigenvalue weighted by Gasteiger charge is 2.17. The zero-order chi connectivity index (χ0) is 14.4. The van der Waals surface area contributed by atoms with E-state index in [4.69, 9.17) is 5.11 Å². The summed E-state index contributed by atoms with van der Waals surface area (Å²) >= 11 is 0.611. The fourth-order valence-electron chi connectivity index (χ4n) is 1.44. The lowest BCUT2D eigenvalue weighted by Crippen LogP contribution is -2.40. The van der Waals surface area contributed by atoms with E-state index in [-0.39, 0.29) is 17.8 Å². The number of aliphatic hydroxyl groups is 1. The van der Waals surface area contributed by atoms with Gasteiger partial charge in [-0.1, -0.05) is 25.2 Å². The Kier molecular flexibility index (Phi) is 6.03. The average Bonchev–Trinajstić information content (AvgIpc) is 2.75. The number of alkyl halides is 2. The van der Waals surface area contributed by atoms with Crippen molar-refractivity contribution >= 4 is 22.5 Å². The van der Waals surface area contributed by atoms with Gasteiger partial charge in [-0.2, -0.15) is 0 Å². The van der Waals surface area contributed by atoms with E-state index < -0.39 is 17.5 Å². The molecular formula is C10H16F2N4O2S. The smallest absolute Gasteiger partial charge is 0.321 e. The minimum absolute atomic E-state index is 0.00552. The van der Waals surface area contributed by atoms with Crippen LogP contribution in [0.4, 0.5) is 18.7 Å². The Balaban J connectivity index is 2.49. The normalized spacial score (nSPS) is 12.8. The molecule has 1 aromatic rings. The fraction of sp³-hybridized carbons (Fsp3) is 0.700. The lowest BCUT2D eigenvalue weighted by atomic mass is 10.0. The van der Waals surface area contributed by atoms with Crippen LogP contribution in [0, 0.1) is 5.92 Å². The van der Waals surface area contributed by atoms with E-state index in [2.05, 4.69) is 20.8 Å². The molecule has 0 radical (unpaired) electrons. The van der Waals surface area contributed by atoms with Crippen LogP contribution in [0.5, 0.6) is 0 Å². The third-order valence-electron chi connectivity index (χ3n) is 2.16. The van der Waals surface area contributed by atoms with Gasteiger partial charge in [0.1, 0.15) is 0 Å². The summed E-state index contributed by atoms with van der Waals surface area (Å²) in [4.78, 5) is 11.6. The second kappa shape index (κ2) is 7.29. The topological polar surface area (TPSA) is 87.1 Å². The zero-order valence-electron chi connectivity index (χ0n) is 10.6. The lowest BCUT2D eigenvalue weighted by molar-refractivity contribution is 0.150. The molecule has 108 valence electrons. The molecule has 0 saturated heterocycles. The van der Waals surface area contributed by atoms with Crippen molar-refractivity contribution in [1.29, 1.82) is 0 Å². The molecule has 2 amide bonds. The molecule has 0 aliphatic rings. The highest BCUT2D eigenvalue weighted by molar-refractivity contribution is 7.15. The Hall–Kier alpha value is -1.35. The Morgan fingerprint density at radius 1 is 1.42 bits per heavy atom. The number of nitrogens with zero attached hydrogens (tertiary/aromatic N) is 2. The summed E-state index contributed by atoms with van der Waals surface area (Å²) in [5.41, 5.74) is 0. The predicted molar refractivity (Wildman–Crippen MR) is 67.3 cm³/mol. The molecule has 0 saturated carbocycles. The van der Waals surface area contributed by atoms with E-state index in [0.29, 0.717) is 23.7 Å². The van der Waals surface area contributed by atoms with Gasteiger partial charge in [0.2, 0.25) is 5.13 Å². The molecule has 0 fully saturated rings. The van der Waals surface area contributed by atoms with Crippen molar-refractivity contribution in [3.8, 4) is 0 Å². The highest BCUT2D eigenvalue weighted by Crippen LogP contribution is 2.24. The third kappa shape index (κ3) is 5.43. The molecule has 3 N–H and O–H groups in total. The second-order valence-electron chi connectivity index (χ2n) is 4.35. The van der Waals surface area contributed by atoms with Gasteiger partial charge in [-0.25, -0.2) is 13.6 Å². The molecule has 0 aliphatic heterocycles. The molecule has 1 heterocycles. The van der Waals surface area contributed by atoms with Crippen LogP contribution < -0.4 is 10.6 Å². The highest BCUT2D eigenvalue weighted by atomic mass is 32.1. The molecule has 0 aromatic carbocycles. The van der Waals surface area contributed by atoms with E-state index in [1.54, 1.807) is 0 Å². The number of halogens is 2. The molecule has 19 heavy (non-hydrogen) atoms. The monoisotopic (exact) mass is 294 g/mol. The van der Waals surface area contributed by atoms with Gasteiger partial charge in [0, 0.05) is 0 Å². The van der Waals surface area contributed by atoms with Gasteiger partial charge >= 0.3 is 6.03 Å². The first-order valence-electron chi connectivity index (χ1n) is 5.72. The maximum atomic E-state index is 12.3. The van der Waals surface area contributed by atoms with Crippen molar-refractivity contribution in [2.24, 2.45) is 5.92 Å². The molecule has 0 aliphatic carbocycles. The summed E-state index contributed by atoms with van der Waals surface area (Å²) in [6.45, 7) is 3.73. The standard InChI is InChI=1S/C10H16F2N4O2S/c1-5(2)3-6(4-17)13-9(18)14-10-16-15-8(19-10)7(11)12/h5-7,17H,3-4H2,1-2H3,(H2,13,14,16,18). The number of carbonyl (C=O) groups excluding carboxylic acids is 1. The average molecular weight is 294 g/mol. The number of carbonyl (C=O) groups is 1. The molecule has 9 heteroatoms. The quantitative estimate of drug-likeness (QED) is 0.749. The van der Waals surface area contributed by atoms with Crippen LogP contribution in [0.1, 0.15) is 31.7 Å². The van der Waals surface area contributed by atoms with Gasteiger partial charge < -0.3 is 10.4 Å². The molecular weight excluding hydrogens is 278 g/mol. The maximum absolute atomic E-state index is 12.3. The summed E-state index contributed by atoms with van der Waals surface area (Å²) in [5, 5.41) is 20.2. The fourth-order valence-corrected chi connectivity index (χ4v) is 2.03. The van der Waals surface area contributed by atoms with Gasteiger partial charge in [0.25, 0.3) is 6.43 Å². The van der Waals surface area contributed by atoms with Gasteiger partial charge in [0.15, 0.2) is 5.01 Å². The first-order valence-corrected chi connectivity index (χ1v) is 6.54. The van der Waals surface area contributed by atoms with E-state index >= 15 is 0 Å². The Labute approximate surface area is 113 Å². The van der Waals surface area contributed by atoms with Gasteiger partial charge in [-0.3, -0.25) is 5.32 Å². The third-order valence-corrected chi connectivity index (χ3v) is 3.01. The lowest BCUT2D eigenvalue weighted by Gasteiger charge is -2.17. The van der Waals surface area contributed by atoms with Crippen molar-refractivity contribution in [1.82, 2.24) is 15.5 Å². The number of aromatic nitrogens is 2. The summed E-state index contributed by atoms with van der Waals surface area (Å²) in [6.07, 6.45) is -2.09. The molecule has 0 bridgehead atoms. The molecule has 0 spiro atoms. The first-order chi connectivity index (χ1) is 8.92. The number of urea groups is 1. The van der Waals surface area contributed by atoms with Crippen LogP contribution in [0.25, 0.3) is 0 Å². The van der Waals surface area contributed by atoms with Crippen molar-refractivity contribution in [3.05, 3.63) is 5.01 Å². The second-order valence-corrected chi connectivity index (χ2v) is 5.36. The van der Waals surface area contributed by atoms with E-state index in [1.165, 1.54) is 0 Å². The maximum Gasteiger partial charge on any atom is 0.321 e. The van der Waals surface area contributed by atoms with Crippen LogP contribution in [0.3, 0.4) is 0 Å². The number of hydrogen-bond acceptors (Lipinski definition) is 5. The SMILES string of the molecule is CC(C)CC(CO)NC(=O)Nc1nnc(C(F)F)s1. The minimum Gasteiger partial charge on any atom is -0.394 e. The predicted octanol–water partition coefficient (Wildman–Crippen LogP) is 2.00. The van der Waals surface area contributed by atoms with E-state index in [1.807, 2.05) is 13.8 Å². The number of aliphatic hydroxyl groups excluding tert-OH is 1. The molecule has 1 unspecified atom stereocenters. The molecule has 6 nitrogen and oxygen atoms in total. The zero-order valence-corrected chi connectivity index (χ0v) is 11.4. The van der Waals surface area contributed by atoms with Crippen LogP contribution in [0.2, 0.25) is 0 Å². The number of nitrogens with one attached hydrogen (secondary N) is 2. The van der Waals surface area contributed by atoms with Crippen molar-refractivity contribution < 1.29 is 18.7 Å².